The van der Waals surface area contributed by atoms with Gasteiger partial charge >= 0.3 is 0 Å². The molecular formula is C16H19NO3. The molecule has 2 rings (SSSR count). The number of methoxy groups -OCH3 is 1. The largest absolute Gasteiger partial charge is 0.485 e. The van der Waals surface area contributed by atoms with Crippen LogP contribution in [0.3, 0.4) is 0 Å². The van der Waals surface area contributed by atoms with Gasteiger partial charge in [0.2, 0.25) is 5.78 Å². The van der Waals surface area contributed by atoms with E-state index in [1.807, 2.05) is 43.6 Å². The van der Waals surface area contributed by atoms with Gasteiger partial charge in [-0.3, -0.25) is 4.79 Å². The molecule has 0 fully saturated rings. The van der Waals surface area contributed by atoms with Crippen molar-refractivity contribution in [2.24, 2.45) is 7.05 Å². The van der Waals surface area contributed by atoms with Crippen LogP contribution >= 0.6 is 0 Å². The van der Waals surface area contributed by atoms with Crippen molar-refractivity contribution in [2.75, 3.05) is 20.3 Å². The zero-order valence-electron chi connectivity index (χ0n) is 11.8. The normalized spacial score (nSPS) is 10.5. The van der Waals surface area contributed by atoms with Crippen molar-refractivity contribution < 1.29 is 14.3 Å². The van der Waals surface area contributed by atoms with Crippen LogP contribution < -0.4 is 4.74 Å². The molecule has 0 saturated carbocycles. The Bertz CT molecular complexity index is 557. The predicted octanol–water partition coefficient (Wildman–Crippen LogP) is 2.48. The number of hydrogen-bond donors (Lipinski definition) is 0. The highest BCUT2D eigenvalue weighted by molar-refractivity contribution is 5.95. The van der Waals surface area contributed by atoms with Crippen LogP contribution in [-0.4, -0.2) is 30.7 Å². The van der Waals surface area contributed by atoms with Crippen LogP contribution in [0.25, 0.3) is 0 Å². The van der Waals surface area contributed by atoms with E-state index in [1.165, 1.54) is 5.56 Å². The molecule has 0 atom stereocenters. The highest BCUT2D eigenvalue weighted by atomic mass is 16.5. The van der Waals surface area contributed by atoms with E-state index < -0.39 is 0 Å². The summed E-state index contributed by atoms with van der Waals surface area (Å²) in [6, 6.07) is 11.4. The second-order valence-electron chi connectivity index (χ2n) is 4.60. The van der Waals surface area contributed by atoms with E-state index in [9.17, 15) is 4.79 Å². The van der Waals surface area contributed by atoms with Gasteiger partial charge in [0.25, 0.3) is 0 Å². The smallest absolute Gasteiger partial charge is 0.216 e. The van der Waals surface area contributed by atoms with Crippen LogP contribution in [0.5, 0.6) is 5.75 Å². The van der Waals surface area contributed by atoms with Crippen molar-refractivity contribution in [3.63, 3.8) is 0 Å². The summed E-state index contributed by atoms with van der Waals surface area (Å²) in [7, 11) is 3.53. The molecule has 0 aliphatic carbocycles. The lowest BCUT2D eigenvalue weighted by molar-refractivity contribution is 0.0913. The van der Waals surface area contributed by atoms with Gasteiger partial charge in [0.15, 0.2) is 6.61 Å². The number of ether oxygens (including phenoxy) is 2. The summed E-state index contributed by atoms with van der Waals surface area (Å²) in [6.45, 7) is 0.751. The summed E-state index contributed by atoms with van der Waals surface area (Å²) in [4.78, 5) is 11.9. The number of carbonyl (C=O) groups excluding carboxylic acids is 1. The average Bonchev–Trinajstić information content (AvgIpc) is 2.90. The van der Waals surface area contributed by atoms with Crippen molar-refractivity contribution in [2.45, 2.75) is 6.42 Å². The maximum Gasteiger partial charge on any atom is 0.216 e. The van der Waals surface area contributed by atoms with Crippen molar-refractivity contribution in [3.8, 4) is 5.75 Å². The minimum Gasteiger partial charge on any atom is -0.485 e. The van der Waals surface area contributed by atoms with Crippen LogP contribution in [0.4, 0.5) is 0 Å². The second kappa shape index (κ2) is 6.91. The average molecular weight is 273 g/mol. The molecule has 20 heavy (non-hydrogen) atoms. The third-order valence-corrected chi connectivity index (χ3v) is 3.12. The van der Waals surface area contributed by atoms with E-state index >= 15 is 0 Å². The number of carbonyl (C=O) groups is 1. The van der Waals surface area contributed by atoms with E-state index in [0.717, 1.165) is 6.42 Å². The number of aromatic nitrogens is 1. The van der Waals surface area contributed by atoms with Crippen LogP contribution in [0.15, 0.2) is 42.6 Å². The standard InChI is InChI=1S/C16H19NO3/c1-17-10-3-4-15(17)16(18)12-20-14-7-5-13(6-8-14)9-11-19-2/h3-8,10H,9,11-12H2,1-2H3. The third kappa shape index (κ3) is 3.71. The quantitative estimate of drug-likeness (QED) is 0.728. The van der Waals surface area contributed by atoms with Crippen LogP contribution in [0.2, 0.25) is 0 Å². The van der Waals surface area contributed by atoms with E-state index in [-0.39, 0.29) is 12.4 Å². The highest BCUT2D eigenvalue weighted by Gasteiger charge is 2.09. The summed E-state index contributed by atoms with van der Waals surface area (Å²) in [5, 5.41) is 0. The molecule has 0 unspecified atom stereocenters. The Hall–Kier alpha value is -2.07. The Morgan fingerprint density at radius 1 is 1.20 bits per heavy atom. The monoisotopic (exact) mass is 273 g/mol. The maximum absolute atomic E-state index is 11.9. The molecule has 4 heteroatoms. The fourth-order valence-electron chi connectivity index (χ4n) is 1.95. The van der Waals surface area contributed by atoms with E-state index in [1.54, 1.807) is 17.7 Å². The number of benzene rings is 1. The van der Waals surface area contributed by atoms with Crippen LogP contribution in [-0.2, 0) is 18.2 Å². The molecule has 1 aromatic carbocycles. The Labute approximate surface area is 118 Å². The lowest BCUT2D eigenvalue weighted by Gasteiger charge is -2.07. The number of rotatable bonds is 7. The number of nitrogens with zero attached hydrogens (tertiary/aromatic N) is 1. The molecule has 4 nitrogen and oxygen atoms in total. The maximum atomic E-state index is 11.9. The molecule has 1 aromatic heterocycles. The van der Waals surface area contributed by atoms with Gasteiger partial charge in [-0.15, -0.1) is 0 Å². The molecule has 0 aliphatic heterocycles. The Balaban J connectivity index is 1.88. The lowest BCUT2D eigenvalue weighted by atomic mass is 10.1. The molecule has 106 valence electrons. The molecule has 0 N–H and O–H groups in total. The lowest BCUT2D eigenvalue weighted by Crippen LogP contribution is -2.14. The molecule has 0 aliphatic rings. The first-order valence-electron chi connectivity index (χ1n) is 6.56. The number of Topliss-reactive ketones (excluding diaryl/α,β-unsaturated/α-hetero) is 1. The van der Waals surface area contributed by atoms with Gasteiger partial charge in [-0.05, 0) is 36.2 Å². The summed E-state index contributed by atoms with van der Waals surface area (Å²) >= 11 is 0. The molecule has 1 heterocycles. The first-order chi connectivity index (χ1) is 9.70. The van der Waals surface area contributed by atoms with Crippen molar-refractivity contribution in [1.82, 2.24) is 4.57 Å². The van der Waals surface area contributed by atoms with Crippen molar-refractivity contribution in [3.05, 3.63) is 53.9 Å². The van der Waals surface area contributed by atoms with Crippen LogP contribution in [0.1, 0.15) is 16.1 Å². The molecule has 0 saturated heterocycles. The van der Waals surface area contributed by atoms with Gasteiger partial charge in [-0.2, -0.15) is 0 Å². The number of ketones is 1. The third-order valence-electron chi connectivity index (χ3n) is 3.12. The van der Waals surface area contributed by atoms with Gasteiger partial charge < -0.3 is 14.0 Å². The summed E-state index contributed by atoms with van der Waals surface area (Å²) in [5.41, 5.74) is 1.84. The van der Waals surface area contributed by atoms with E-state index in [2.05, 4.69) is 0 Å². The van der Waals surface area contributed by atoms with Crippen LogP contribution in [0, 0.1) is 0 Å². The first-order valence-corrected chi connectivity index (χ1v) is 6.56. The molecule has 2 aromatic rings. The zero-order chi connectivity index (χ0) is 14.4. The van der Waals surface area contributed by atoms with Gasteiger partial charge in [0.1, 0.15) is 5.75 Å². The summed E-state index contributed by atoms with van der Waals surface area (Å²) < 4.78 is 12.3. The topological polar surface area (TPSA) is 40.5 Å². The second-order valence-corrected chi connectivity index (χ2v) is 4.60. The van der Waals surface area contributed by atoms with E-state index in [0.29, 0.717) is 18.1 Å². The Morgan fingerprint density at radius 2 is 1.95 bits per heavy atom. The zero-order valence-corrected chi connectivity index (χ0v) is 11.8. The summed E-state index contributed by atoms with van der Waals surface area (Å²) in [5.74, 6) is 0.676. The summed E-state index contributed by atoms with van der Waals surface area (Å²) in [6.07, 6.45) is 2.72. The van der Waals surface area contributed by atoms with Gasteiger partial charge in [0, 0.05) is 20.4 Å². The highest BCUT2D eigenvalue weighted by Crippen LogP contribution is 2.13. The number of hydrogen-bond acceptors (Lipinski definition) is 3. The molecule has 0 radical (unpaired) electrons. The Kier molecular flexibility index (Phi) is 4.96. The molecular weight excluding hydrogens is 254 g/mol. The van der Waals surface area contributed by atoms with Crippen molar-refractivity contribution >= 4 is 5.78 Å². The number of aryl methyl sites for hydroxylation is 1. The minimum atomic E-state index is -0.0269. The SMILES string of the molecule is COCCc1ccc(OCC(=O)c2cccn2C)cc1. The van der Waals surface area contributed by atoms with Crippen molar-refractivity contribution in [1.29, 1.82) is 0 Å². The molecule has 0 spiro atoms. The van der Waals surface area contributed by atoms with E-state index in [4.69, 9.17) is 9.47 Å². The fourth-order valence-corrected chi connectivity index (χ4v) is 1.95. The first kappa shape index (κ1) is 14.3. The van der Waals surface area contributed by atoms with Gasteiger partial charge in [-0.25, -0.2) is 0 Å². The molecule has 0 amide bonds. The predicted molar refractivity (Wildman–Crippen MR) is 77.3 cm³/mol. The minimum absolute atomic E-state index is 0.0269. The molecule has 0 bridgehead atoms. The Morgan fingerprint density at radius 3 is 2.55 bits per heavy atom. The van der Waals surface area contributed by atoms with Gasteiger partial charge in [0.05, 0.1) is 12.3 Å². The fraction of sp³-hybridized carbons (Fsp3) is 0.312. The van der Waals surface area contributed by atoms with Gasteiger partial charge in [-0.1, -0.05) is 12.1 Å².